The molecule has 2 aromatic rings. The standard InChI is InChI=1S/C16H17FN2O2/c1-12-7-8-13(11-15(12)17)19-16(20)18-9-10-21-14-5-3-2-4-6-14/h2-8,11H,9-10H2,1H3,(H2,18,19,20). The number of para-hydroxylation sites is 1. The fourth-order valence-electron chi connectivity index (χ4n) is 1.70. The van der Waals surface area contributed by atoms with E-state index in [0.29, 0.717) is 24.4 Å². The van der Waals surface area contributed by atoms with Crippen molar-refractivity contribution in [2.75, 3.05) is 18.5 Å². The minimum atomic E-state index is -0.394. The summed E-state index contributed by atoms with van der Waals surface area (Å²) in [5.41, 5.74) is 0.955. The van der Waals surface area contributed by atoms with E-state index in [1.807, 2.05) is 30.3 Å². The van der Waals surface area contributed by atoms with Crippen LogP contribution in [0, 0.1) is 12.7 Å². The zero-order chi connectivity index (χ0) is 15.1. The van der Waals surface area contributed by atoms with Crippen molar-refractivity contribution < 1.29 is 13.9 Å². The molecule has 2 N–H and O–H groups in total. The molecule has 0 aliphatic heterocycles. The molecule has 5 heteroatoms. The van der Waals surface area contributed by atoms with Gasteiger partial charge in [-0.05, 0) is 36.8 Å². The average Bonchev–Trinajstić information content (AvgIpc) is 2.49. The number of hydrogen-bond donors (Lipinski definition) is 2. The van der Waals surface area contributed by atoms with Gasteiger partial charge in [-0.25, -0.2) is 9.18 Å². The number of hydrogen-bond acceptors (Lipinski definition) is 2. The summed E-state index contributed by atoms with van der Waals surface area (Å²) in [6, 6.07) is 13.5. The molecule has 0 radical (unpaired) electrons. The predicted octanol–water partition coefficient (Wildman–Crippen LogP) is 3.33. The number of rotatable bonds is 5. The number of benzene rings is 2. The lowest BCUT2D eigenvalue weighted by molar-refractivity contribution is 0.247. The van der Waals surface area contributed by atoms with Crippen LogP contribution in [0.15, 0.2) is 48.5 Å². The molecule has 0 aliphatic carbocycles. The number of halogens is 1. The van der Waals surface area contributed by atoms with E-state index in [-0.39, 0.29) is 5.82 Å². The van der Waals surface area contributed by atoms with Gasteiger partial charge in [0.1, 0.15) is 18.2 Å². The van der Waals surface area contributed by atoms with Gasteiger partial charge in [0, 0.05) is 5.69 Å². The number of anilines is 1. The van der Waals surface area contributed by atoms with Gasteiger partial charge < -0.3 is 15.4 Å². The second kappa shape index (κ2) is 7.28. The van der Waals surface area contributed by atoms with Crippen LogP contribution in [0.4, 0.5) is 14.9 Å². The molecule has 21 heavy (non-hydrogen) atoms. The maximum atomic E-state index is 13.3. The molecule has 2 aromatic carbocycles. The van der Waals surface area contributed by atoms with Crippen LogP contribution in [0.1, 0.15) is 5.56 Å². The highest BCUT2D eigenvalue weighted by Crippen LogP contribution is 2.13. The second-order valence-electron chi connectivity index (χ2n) is 4.51. The Labute approximate surface area is 122 Å². The first-order chi connectivity index (χ1) is 10.1. The van der Waals surface area contributed by atoms with E-state index in [4.69, 9.17) is 4.74 Å². The summed E-state index contributed by atoms with van der Waals surface area (Å²) in [7, 11) is 0. The van der Waals surface area contributed by atoms with Gasteiger partial charge >= 0.3 is 6.03 Å². The maximum absolute atomic E-state index is 13.3. The van der Waals surface area contributed by atoms with Crippen molar-refractivity contribution >= 4 is 11.7 Å². The molecule has 0 spiro atoms. The van der Waals surface area contributed by atoms with Gasteiger partial charge in [-0.15, -0.1) is 0 Å². The van der Waals surface area contributed by atoms with Gasteiger partial charge in [0.25, 0.3) is 0 Å². The summed E-state index contributed by atoms with van der Waals surface area (Å²) in [6.07, 6.45) is 0. The van der Waals surface area contributed by atoms with Crippen molar-refractivity contribution in [3.63, 3.8) is 0 Å². The van der Waals surface area contributed by atoms with Crippen LogP contribution in [0.2, 0.25) is 0 Å². The molecule has 4 nitrogen and oxygen atoms in total. The van der Waals surface area contributed by atoms with E-state index in [9.17, 15) is 9.18 Å². The summed E-state index contributed by atoms with van der Waals surface area (Å²) < 4.78 is 18.8. The average molecular weight is 288 g/mol. The van der Waals surface area contributed by atoms with Crippen molar-refractivity contribution in [1.29, 1.82) is 0 Å². The molecule has 0 saturated heterocycles. The smallest absolute Gasteiger partial charge is 0.319 e. The van der Waals surface area contributed by atoms with Crippen molar-refractivity contribution in [3.8, 4) is 5.75 Å². The van der Waals surface area contributed by atoms with Crippen LogP contribution in [0.3, 0.4) is 0 Å². The van der Waals surface area contributed by atoms with Crippen LogP contribution < -0.4 is 15.4 Å². The number of carbonyl (C=O) groups is 1. The van der Waals surface area contributed by atoms with Gasteiger partial charge in [0.2, 0.25) is 0 Å². The summed E-state index contributed by atoms with van der Waals surface area (Å²) in [4.78, 5) is 11.6. The highest BCUT2D eigenvalue weighted by Gasteiger charge is 2.03. The van der Waals surface area contributed by atoms with Crippen LogP contribution in [-0.2, 0) is 0 Å². The van der Waals surface area contributed by atoms with Gasteiger partial charge in [-0.2, -0.15) is 0 Å². The zero-order valence-electron chi connectivity index (χ0n) is 11.7. The largest absolute Gasteiger partial charge is 0.492 e. The molecule has 0 bridgehead atoms. The van der Waals surface area contributed by atoms with E-state index in [2.05, 4.69) is 10.6 Å². The minimum Gasteiger partial charge on any atom is -0.492 e. The highest BCUT2D eigenvalue weighted by molar-refractivity contribution is 5.89. The second-order valence-corrected chi connectivity index (χ2v) is 4.51. The Morgan fingerprint density at radius 3 is 2.67 bits per heavy atom. The van der Waals surface area contributed by atoms with Crippen molar-refractivity contribution in [3.05, 3.63) is 59.9 Å². The summed E-state index contributed by atoms with van der Waals surface area (Å²) in [6.45, 7) is 2.38. The molecule has 2 rings (SSSR count). The lowest BCUT2D eigenvalue weighted by atomic mass is 10.2. The Morgan fingerprint density at radius 1 is 1.19 bits per heavy atom. The van der Waals surface area contributed by atoms with E-state index >= 15 is 0 Å². The van der Waals surface area contributed by atoms with Gasteiger partial charge in [0.05, 0.1) is 6.54 Å². The summed E-state index contributed by atoms with van der Waals surface area (Å²) in [5.74, 6) is 0.403. The molecule has 0 atom stereocenters. The molecule has 110 valence electrons. The Hall–Kier alpha value is -2.56. The Kier molecular flexibility index (Phi) is 5.15. The van der Waals surface area contributed by atoms with Crippen LogP contribution in [0.5, 0.6) is 5.75 Å². The van der Waals surface area contributed by atoms with E-state index in [1.165, 1.54) is 6.07 Å². The zero-order valence-corrected chi connectivity index (χ0v) is 11.7. The predicted molar refractivity (Wildman–Crippen MR) is 80.1 cm³/mol. The molecule has 0 unspecified atom stereocenters. The lowest BCUT2D eigenvalue weighted by Crippen LogP contribution is -2.32. The van der Waals surface area contributed by atoms with E-state index in [1.54, 1.807) is 19.1 Å². The van der Waals surface area contributed by atoms with E-state index in [0.717, 1.165) is 5.75 Å². The van der Waals surface area contributed by atoms with E-state index < -0.39 is 6.03 Å². The Bertz CT molecular complexity index is 602. The number of ether oxygens (including phenoxy) is 1. The highest BCUT2D eigenvalue weighted by atomic mass is 19.1. The molecule has 0 aliphatic rings. The van der Waals surface area contributed by atoms with Crippen molar-refractivity contribution in [2.24, 2.45) is 0 Å². The summed E-state index contributed by atoms with van der Waals surface area (Å²) >= 11 is 0. The Balaban J connectivity index is 1.71. The van der Waals surface area contributed by atoms with Crippen LogP contribution in [-0.4, -0.2) is 19.2 Å². The third-order valence-corrected chi connectivity index (χ3v) is 2.83. The van der Waals surface area contributed by atoms with Gasteiger partial charge in [-0.1, -0.05) is 24.3 Å². The number of nitrogens with one attached hydrogen (secondary N) is 2. The van der Waals surface area contributed by atoms with Crippen LogP contribution in [0.25, 0.3) is 0 Å². The first-order valence-electron chi connectivity index (χ1n) is 6.64. The number of amides is 2. The maximum Gasteiger partial charge on any atom is 0.319 e. The third kappa shape index (κ3) is 4.80. The molecule has 0 aromatic heterocycles. The fraction of sp³-hybridized carbons (Fsp3) is 0.188. The minimum absolute atomic E-state index is 0.347. The molecular formula is C16H17FN2O2. The first kappa shape index (κ1) is 14.8. The SMILES string of the molecule is Cc1ccc(NC(=O)NCCOc2ccccc2)cc1F. The number of urea groups is 1. The first-order valence-corrected chi connectivity index (χ1v) is 6.64. The fourth-order valence-corrected chi connectivity index (χ4v) is 1.70. The normalized spacial score (nSPS) is 10.0. The quantitative estimate of drug-likeness (QED) is 0.829. The third-order valence-electron chi connectivity index (χ3n) is 2.83. The summed E-state index contributed by atoms with van der Waals surface area (Å²) in [5, 5.41) is 5.20. The number of carbonyl (C=O) groups excluding carboxylic acids is 1. The van der Waals surface area contributed by atoms with Crippen molar-refractivity contribution in [1.82, 2.24) is 5.32 Å². The number of aryl methyl sites for hydroxylation is 1. The molecule has 0 heterocycles. The molecular weight excluding hydrogens is 271 g/mol. The lowest BCUT2D eigenvalue weighted by Gasteiger charge is -2.09. The molecule has 0 saturated carbocycles. The topological polar surface area (TPSA) is 50.4 Å². The monoisotopic (exact) mass is 288 g/mol. The van der Waals surface area contributed by atoms with Crippen molar-refractivity contribution in [2.45, 2.75) is 6.92 Å². The van der Waals surface area contributed by atoms with Gasteiger partial charge in [-0.3, -0.25) is 0 Å². The molecule has 2 amide bonds. The van der Waals surface area contributed by atoms with Crippen LogP contribution >= 0.6 is 0 Å². The molecule has 0 fully saturated rings. The Morgan fingerprint density at radius 2 is 1.95 bits per heavy atom. The van der Waals surface area contributed by atoms with Gasteiger partial charge in [0.15, 0.2) is 0 Å².